The van der Waals surface area contributed by atoms with Crippen LogP contribution in [-0.2, 0) is 6.42 Å². The number of hydrogen-bond donors (Lipinski definition) is 0. The molecule has 1 heteroatoms. The summed E-state index contributed by atoms with van der Waals surface area (Å²) in [4.78, 5) is 0. The van der Waals surface area contributed by atoms with Crippen molar-refractivity contribution in [2.24, 2.45) is 5.92 Å². The lowest BCUT2D eigenvalue weighted by atomic mass is 10.1. The second-order valence-electron chi connectivity index (χ2n) is 8.42. The first-order valence-corrected chi connectivity index (χ1v) is 11.9. The van der Waals surface area contributed by atoms with Crippen molar-refractivity contribution in [1.29, 1.82) is 0 Å². The third-order valence-electron chi connectivity index (χ3n) is 6.31. The molecule has 0 heterocycles. The van der Waals surface area contributed by atoms with Gasteiger partial charge < -0.3 is 0 Å². The van der Waals surface area contributed by atoms with Gasteiger partial charge in [-0.2, -0.15) is 0 Å². The van der Waals surface area contributed by atoms with Gasteiger partial charge in [0, 0.05) is 0 Å². The maximum absolute atomic E-state index is 2.56. The summed E-state index contributed by atoms with van der Waals surface area (Å²) in [6, 6.07) is 10.9. The molecule has 0 spiro atoms. The summed E-state index contributed by atoms with van der Waals surface area (Å²) in [6.45, 7) is 15.0. The monoisotopic (exact) mass is 328 g/mol. The summed E-state index contributed by atoms with van der Waals surface area (Å²) in [5.41, 5.74) is 5.18. The molecule has 0 amide bonds. The Hall–Kier alpha value is -0.823. The molecule has 0 bridgehead atoms. The maximum Gasteiger partial charge on any atom is 0.0649 e. The Kier molecular flexibility index (Phi) is 6.31. The molecule has 0 unspecified atom stereocenters. The lowest BCUT2D eigenvalue weighted by Crippen LogP contribution is -2.45. The molecule has 0 saturated heterocycles. The summed E-state index contributed by atoms with van der Waals surface area (Å²) in [5.74, 6) is 0.879. The van der Waals surface area contributed by atoms with E-state index in [1.54, 1.807) is 0 Å². The Balaban J connectivity index is 1.93. The highest BCUT2D eigenvalue weighted by Gasteiger charge is 2.57. The van der Waals surface area contributed by atoms with Crippen molar-refractivity contribution in [1.82, 2.24) is 0 Å². The number of hydrogen-bond acceptors (Lipinski definition) is 0. The van der Waals surface area contributed by atoms with E-state index in [1.807, 2.05) is 0 Å². The molecule has 0 nitrogen and oxygen atoms in total. The molecule has 1 fully saturated rings. The van der Waals surface area contributed by atoms with Gasteiger partial charge in [-0.1, -0.05) is 101 Å². The molecular formula is C22H36Si. The predicted octanol–water partition coefficient (Wildman–Crippen LogP) is 7.24. The van der Waals surface area contributed by atoms with Crippen molar-refractivity contribution in [2.45, 2.75) is 83.0 Å². The highest BCUT2D eigenvalue weighted by Crippen LogP contribution is 2.63. The molecule has 0 N–H and O–H groups in total. The van der Waals surface area contributed by atoms with E-state index >= 15 is 0 Å². The summed E-state index contributed by atoms with van der Waals surface area (Å²) in [7, 11) is -1.23. The van der Waals surface area contributed by atoms with Crippen LogP contribution < -0.4 is 0 Å². The predicted molar refractivity (Wildman–Crippen MR) is 107 cm³/mol. The Morgan fingerprint density at radius 3 is 2.04 bits per heavy atom. The van der Waals surface area contributed by atoms with E-state index in [2.05, 4.69) is 84.0 Å². The summed E-state index contributed by atoms with van der Waals surface area (Å²) in [5, 5.41) is 0. The summed E-state index contributed by atoms with van der Waals surface area (Å²) in [6.07, 6.45) is 8.84. The maximum atomic E-state index is 2.56. The lowest BCUT2D eigenvalue weighted by molar-refractivity contribution is 0.785. The standard InChI is InChI=1S/C22H36Si/c1-17(2)23(18(3)4,19(5)6)22-16-21(22)15-11-10-14-20-12-8-7-9-13-20/h7-9,11-13,15,17-19,21-22H,10,14,16H2,1-6H3/b15-11+/t21-,22-/m1/s1. The number of allylic oxidation sites excluding steroid dienone is 2. The van der Waals surface area contributed by atoms with Gasteiger partial charge in [-0.25, -0.2) is 0 Å². The van der Waals surface area contributed by atoms with Gasteiger partial charge in [0.05, 0.1) is 8.07 Å². The van der Waals surface area contributed by atoms with E-state index < -0.39 is 8.07 Å². The molecule has 1 saturated carbocycles. The Morgan fingerprint density at radius 2 is 1.52 bits per heavy atom. The average Bonchev–Trinajstić information content (AvgIpc) is 3.24. The molecule has 1 aliphatic rings. The van der Waals surface area contributed by atoms with Gasteiger partial charge in [0.15, 0.2) is 0 Å². The fourth-order valence-electron chi connectivity index (χ4n) is 5.45. The van der Waals surface area contributed by atoms with Crippen LogP contribution in [0.4, 0.5) is 0 Å². The Morgan fingerprint density at radius 1 is 0.957 bits per heavy atom. The van der Waals surface area contributed by atoms with Crippen molar-refractivity contribution < 1.29 is 0 Å². The third kappa shape index (κ3) is 3.99. The van der Waals surface area contributed by atoms with E-state index in [4.69, 9.17) is 0 Å². The van der Waals surface area contributed by atoms with Gasteiger partial charge in [-0.3, -0.25) is 0 Å². The minimum atomic E-state index is -1.23. The smallest absolute Gasteiger partial charge is 0.0649 e. The van der Waals surface area contributed by atoms with E-state index in [1.165, 1.54) is 24.8 Å². The van der Waals surface area contributed by atoms with Crippen LogP contribution in [0.2, 0.25) is 22.2 Å². The van der Waals surface area contributed by atoms with Crippen LogP contribution in [0.3, 0.4) is 0 Å². The van der Waals surface area contributed by atoms with Crippen LogP contribution in [0.1, 0.15) is 59.9 Å². The minimum Gasteiger partial charge on any atom is -0.0879 e. The second kappa shape index (κ2) is 7.83. The molecule has 0 aromatic heterocycles. The number of rotatable bonds is 8. The van der Waals surface area contributed by atoms with Gasteiger partial charge in [0.1, 0.15) is 0 Å². The van der Waals surface area contributed by atoms with E-state index in [0.29, 0.717) is 0 Å². The molecule has 1 aliphatic carbocycles. The topological polar surface area (TPSA) is 0 Å². The van der Waals surface area contributed by atoms with Crippen molar-refractivity contribution >= 4 is 8.07 Å². The van der Waals surface area contributed by atoms with Crippen molar-refractivity contribution in [2.75, 3.05) is 0 Å². The quantitative estimate of drug-likeness (QED) is 0.348. The Bertz CT molecular complexity index is 476. The molecule has 1 aromatic carbocycles. The van der Waals surface area contributed by atoms with E-state index in [-0.39, 0.29) is 0 Å². The zero-order valence-corrected chi connectivity index (χ0v) is 17.0. The summed E-state index contributed by atoms with van der Waals surface area (Å²) < 4.78 is 0. The SMILES string of the molecule is CC(C)[Si](C(C)C)(C(C)C)[C@@H]1C[C@H]1/C=C/CCc1ccccc1. The number of aryl methyl sites for hydroxylation is 1. The molecule has 23 heavy (non-hydrogen) atoms. The minimum absolute atomic E-state index is 0.879. The van der Waals surface area contributed by atoms with Gasteiger partial charge in [-0.15, -0.1) is 0 Å². The molecule has 128 valence electrons. The first-order valence-electron chi connectivity index (χ1n) is 9.61. The zero-order valence-electron chi connectivity index (χ0n) is 16.0. The number of benzene rings is 1. The highest BCUT2D eigenvalue weighted by molar-refractivity contribution is 6.85. The third-order valence-corrected chi connectivity index (χ3v) is 14.3. The molecule has 2 rings (SSSR count). The van der Waals surface area contributed by atoms with Crippen LogP contribution in [0.15, 0.2) is 42.5 Å². The molecule has 0 aliphatic heterocycles. The Labute approximate surface area is 145 Å². The van der Waals surface area contributed by atoms with E-state index in [9.17, 15) is 0 Å². The second-order valence-corrected chi connectivity index (χ2v) is 14.6. The van der Waals surface area contributed by atoms with Gasteiger partial charge in [-0.05, 0) is 36.3 Å². The summed E-state index contributed by atoms with van der Waals surface area (Å²) >= 11 is 0. The average molecular weight is 329 g/mol. The van der Waals surface area contributed by atoms with Gasteiger partial charge >= 0.3 is 0 Å². The van der Waals surface area contributed by atoms with E-state index in [0.717, 1.165) is 28.1 Å². The first-order chi connectivity index (χ1) is 10.9. The fourth-order valence-corrected chi connectivity index (χ4v) is 13.6. The largest absolute Gasteiger partial charge is 0.0879 e. The first kappa shape index (κ1) is 18.5. The highest BCUT2D eigenvalue weighted by atomic mass is 28.3. The lowest BCUT2D eigenvalue weighted by Gasteiger charge is -2.44. The zero-order chi connectivity index (χ0) is 17.0. The van der Waals surface area contributed by atoms with Crippen LogP contribution >= 0.6 is 0 Å². The molecule has 1 aromatic rings. The van der Waals surface area contributed by atoms with Crippen LogP contribution in [0.25, 0.3) is 0 Å². The van der Waals surface area contributed by atoms with Crippen LogP contribution in [0.5, 0.6) is 0 Å². The van der Waals surface area contributed by atoms with Crippen LogP contribution in [0, 0.1) is 5.92 Å². The van der Waals surface area contributed by atoms with Crippen LogP contribution in [-0.4, -0.2) is 8.07 Å². The van der Waals surface area contributed by atoms with Crippen molar-refractivity contribution in [3.05, 3.63) is 48.0 Å². The molecular weight excluding hydrogens is 292 g/mol. The van der Waals surface area contributed by atoms with Crippen molar-refractivity contribution in [3.63, 3.8) is 0 Å². The van der Waals surface area contributed by atoms with Gasteiger partial charge in [0.2, 0.25) is 0 Å². The normalized spacial score (nSPS) is 21.8. The van der Waals surface area contributed by atoms with Crippen molar-refractivity contribution in [3.8, 4) is 0 Å². The molecule has 2 atom stereocenters. The molecule has 0 radical (unpaired) electrons. The van der Waals surface area contributed by atoms with Gasteiger partial charge in [0.25, 0.3) is 0 Å². The fraction of sp³-hybridized carbons (Fsp3) is 0.636.